The number of nitrogens with two attached hydrogens (primary N) is 1. The minimum Gasteiger partial charge on any atom is -0.381 e. The Hall–Kier alpha value is -1.17. The van der Waals surface area contributed by atoms with Crippen LogP contribution in [0.1, 0.15) is 31.2 Å². The van der Waals surface area contributed by atoms with Crippen molar-refractivity contribution < 1.29 is 13.9 Å². The van der Waals surface area contributed by atoms with Crippen LogP contribution >= 0.6 is 12.4 Å². The zero-order chi connectivity index (χ0) is 15.6. The highest BCUT2D eigenvalue weighted by Gasteiger charge is 2.44. The maximum Gasteiger partial charge on any atom is 0.233 e. The summed E-state index contributed by atoms with van der Waals surface area (Å²) < 4.78 is 18.7. The van der Waals surface area contributed by atoms with Crippen LogP contribution in [-0.2, 0) is 14.9 Å². The fraction of sp³-hybridized carbons (Fsp3) is 0.588. The number of halogens is 2. The van der Waals surface area contributed by atoms with Crippen molar-refractivity contribution in [3.05, 3.63) is 35.6 Å². The molecule has 0 radical (unpaired) electrons. The number of amides is 1. The van der Waals surface area contributed by atoms with Crippen LogP contribution in [0.4, 0.5) is 4.39 Å². The van der Waals surface area contributed by atoms with E-state index in [9.17, 15) is 9.18 Å². The molecule has 0 spiro atoms. The van der Waals surface area contributed by atoms with Gasteiger partial charge in [-0.25, -0.2) is 4.39 Å². The zero-order valence-electron chi connectivity index (χ0n) is 13.2. The first-order valence-corrected chi connectivity index (χ1v) is 8.00. The van der Waals surface area contributed by atoms with Crippen molar-refractivity contribution in [2.24, 2.45) is 5.73 Å². The maximum absolute atomic E-state index is 13.2. The molecule has 6 heteroatoms. The quantitative estimate of drug-likeness (QED) is 0.896. The highest BCUT2D eigenvalue weighted by Crippen LogP contribution is 2.37. The number of likely N-dealkylation sites (tertiary alicyclic amines) is 1. The van der Waals surface area contributed by atoms with Gasteiger partial charge in [0, 0.05) is 32.3 Å². The lowest BCUT2D eigenvalue weighted by Gasteiger charge is -2.42. The number of hydrogen-bond acceptors (Lipinski definition) is 3. The van der Waals surface area contributed by atoms with Crippen LogP contribution in [-0.4, -0.2) is 43.2 Å². The first-order chi connectivity index (χ1) is 10.6. The summed E-state index contributed by atoms with van der Waals surface area (Å²) in [5.74, 6) is -0.128. The molecule has 23 heavy (non-hydrogen) atoms. The number of ether oxygens (including phenoxy) is 1. The number of benzene rings is 1. The van der Waals surface area contributed by atoms with E-state index in [1.54, 1.807) is 12.1 Å². The van der Waals surface area contributed by atoms with Crippen LogP contribution in [0.2, 0.25) is 0 Å². The molecule has 1 aromatic carbocycles. The molecule has 1 amide bonds. The molecule has 4 nitrogen and oxygen atoms in total. The van der Waals surface area contributed by atoms with Gasteiger partial charge in [0.15, 0.2) is 0 Å². The third-order valence-corrected chi connectivity index (χ3v) is 4.98. The minimum absolute atomic E-state index is 0. The molecule has 1 aromatic rings. The summed E-state index contributed by atoms with van der Waals surface area (Å²) in [4.78, 5) is 15.1. The molecule has 2 aliphatic rings. The molecule has 2 N–H and O–H groups in total. The second-order valence-corrected chi connectivity index (χ2v) is 6.33. The number of carbonyl (C=O) groups excluding carboxylic acids is 1. The van der Waals surface area contributed by atoms with E-state index in [0.717, 1.165) is 18.4 Å². The predicted octanol–water partition coefficient (Wildman–Crippen LogP) is 2.25. The van der Waals surface area contributed by atoms with Crippen LogP contribution in [0.15, 0.2) is 24.3 Å². The zero-order valence-corrected chi connectivity index (χ0v) is 14.0. The van der Waals surface area contributed by atoms with Gasteiger partial charge in [0.1, 0.15) is 5.82 Å². The van der Waals surface area contributed by atoms with Crippen molar-refractivity contribution in [1.82, 2.24) is 4.90 Å². The minimum atomic E-state index is -0.576. The second kappa shape index (κ2) is 7.60. The summed E-state index contributed by atoms with van der Waals surface area (Å²) in [6, 6.07) is 6.56. The van der Waals surface area contributed by atoms with E-state index in [2.05, 4.69) is 0 Å². The highest BCUT2D eigenvalue weighted by molar-refractivity contribution is 5.88. The molecule has 0 saturated carbocycles. The Morgan fingerprint density at radius 1 is 1.17 bits per heavy atom. The summed E-state index contributed by atoms with van der Waals surface area (Å²) in [6.07, 6.45) is 3.00. The first-order valence-electron chi connectivity index (χ1n) is 8.00. The lowest BCUT2D eigenvalue weighted by atomic mass is 9.72. The van der Waals surface area contributed by atoms with Crippen molar-refractivity contribution >= 4 is 18.3 Å². The molecule has 0 bridgehead atoms. The number of rotatable bonds is 2. The fourth-order valence-corrected chi connectivity index (χ4v) is 3.52. The molecular weight excluding hydrogens is 319 g/mol. The van der Waals surface area contributed by atoms with Crippen molar-refractivity contribution in [3.63, 3.8) is 0 Å². The van der Waals surface area contributed by atoms with Crippen LogP contribution in [0.5, 0.6) is 0 Å². The van der Waals surface area contributed by atoms with E-state index in [0.29, 0.717) is 39.1 Å². The summed E-state index contributed by atoms with van der Waals surface area (Å²) >= 11 is 0. The van der Waals surface area contributed by atoms with Crippen LogP contribution < -0.4 is 5.73 Å². The van der Waals surface area contributed by atoms with E-state index in [1.807, 2.05) is 4.90 Å². The van der Waals surface area contributed by atoms with Gasteiger partial charge in [0.2, 0.25) is 5.91 Å². The van der Waals surface area contributed by atoms with Gasteiger partial charge in [-0.1, -0.05) is 12.1 Å². The van der Waals surface area contributed by atoms with Crippen molar-refractivity contribution in [2.75, 3.05) is 26.3 Å². The Kier molecular flexibility index (Phi) is 6.00. The lowest BCUT2D eigenvalue weighted by Crippen LogP contribution is -2.53. The Labute approximate surface area is 142 Å². The van der Waals surface area contributed by atoms with Gasteiger partial charge in [-0.2, -0.15) is 0 Å². The Bertz CT molecular complexity index is 524. The first kappa shape index (κ1) is 18.2. The Balaban J connectivity index is 0.00000192. The number of nitrogens with zero attached hydrogens (tertiary/aromatic N) is 1. The Morgan fingerprint density at radius 3 is 2.30 bits per heavy atom. The SMILES string of the molecule is Cl.NC1CCN(C(=O)C2(c3ccc(F)cc3)CCOCC2)CC1. The molecule has 2 fully saturated rings. The normalized spacial score (nSPS) is 21.6. The van der Waals surface area contributed by atoms with Gasteiger partial charge in [-0.05, 0) is 43.4 Å². The fourth-order valence-electron chi connectivity index (χ4n) is 3.52. The van der Waals surface area contributed by atoms with Gasteiger partial charge in [0.05, 0.1) is 5.41 Å². The molecule has 0 unspecified atom stereocenters. The van der Waals surface area contributed by atoms with Gasteiger partial charge in [0.25, 0.3) is 0 Å². The van der Waals surface area contributed by atoms with E-state index < -0.39 is 5.41 Å². The average Bonchev–Trinajstić information content (AvgIpc) is 2.56. The van der Waals surface area contributed by atoms with Crippen LogP contribution in [0.3, 0.4) is 0 Å². The second-order valence-electron chi connectivity index (χ2n) is 6.33. The van der Waals surface area contributed by atoms with Crippen LogP contribution in [0, 0.1) is 5.82 Å². The summed E-state index contributed by atoms with van der Waals surface area (Å²) in [5.41, 5.74) is 6.26. The van der Waals surface area contributed by atoms with Crippen molar-refractivity contribution in [2.45, 2.75) is 37.1 Å². The molecule has 3 rings (SSSR count). The van der Waals surface area contributed by atoms with Crippen LogP contribution in [0.25, 0.3) is 0 Å². The highest BCUT2D eigenvalue weighted by atomic mass is 35.5. The smallest absolute Gasteiger partial charge is 0.233 e. The number of piperidine rings is 1. The van der Waals surface area contributed by atoms with Gasteiger partial charge < -0.3 is 15.4 Å². The predicted molar refractivity (Wildman–Crippen MR) is 89.2 cm³/mol. The largest absolute Gasteiger partial charge is 0.381 e. The third kappa shape index (κ3) is 3.67. The lowest BCUT2D eigenvalue weighted by molar-refractivity contribution is -0.142. The third-order valence-electron chi connectivity index (χ3n) is 4.98. The van der Waals surface area contributed by atoms with Gasteiger partial charge >= 0.3 is 0 Å². The molecule has 0 aromatic heterocycles. The average molecular weight is 343 g/mol. The Morgan fingerprint density at radius 2 is 1.74 bits per heavy atom. The summed E-state index contributed by atoms with van der Waals surface area (Å²) in [5, 5.41) is 0. The molecule has 128 valence electrons. The summed E-state index contributed by atoms with van der Waals surface area (Å²) in [7, 11) is 0. The molecule has 2 heterocycles. The number of carbonyl (C=O) groups is 1. The molecule has 0 atom stereocenters. The monoisotopic (exact) mass is 342 g/mol. The standard InChI is InChI=1S/C17H23FN2O2.ClH/c18-14-3-1-13(2-4-14)17(7-11-22-12-8-17)16(21)20-9-5-15(19)6-10-20;/h1-4,15H,5-12,19H2;1H. The molecule has 2 aliphatic heterocycles. The maximum atomic E-state index is 13.2. The van der Waals surface area contributed by atoms with E-state index in [-0.39, 0.29) is 30.2 Å². The molecular formula is C17H24ClFN2O2. The molecule has 0 aliphatic carbocycles. The van der Waals surface area contributed by atoms with E-state index in [4.69, 9.17) is 10.5 Å². The van der Waals surface area contributed by atoms with Crippen molar-refractivity contribution in [1.29, 1.82) is 0 Å². The topological polar surface area (TPSA) is 55.6 Å². The van der Waals surface area contributed by atoms with Gasteiger partial charge in [-0.15, -0.1) is 12.4 Å². The van der Waals surface area contributed by atoms with E-state index in [1.165, 1.54) is 12.1 Å². The summed E-state index contributed by atoms with van der Waals surface area (Å²) in [6.45, 7) is 2.56. The van der Waals surface area contributed by atoms with Crippen molar-refractivity contribution in [3.8, 4) is 0 Å². The van der Waals surface area contributed by atoms with E-state index >= 15 is 0 Å². The number of hydrogen-bond donors (Lipinski definition) is 1. The van der Waals surface area contributed by atoms with Gasteiger partial charge in [-0.3, -0.25) is 4.79 Å². The molecule has 2 saturated heterocycles.